The van der Waals surface area contributed by atoms with E-state index in [2.05, 4.69) is 22.5 Å². The fourth-order valence-corrected chi connectivity index (χ4v) is 2.70. The van der Waals surface area contributed by atoms with Crippen LogP contribution in [0.4, 0.5) is 0 Å². The van der Waals surface area contributed by atoms with Crippen molar-refractivity contribution in [2.24, 2.45) is 4.99 Å². The Kier molecular flexibility index (Phi) is 8.09. The maximum atomic E-state index is 12.2. The van der Waals surface area contributed by atoms with Crippen molar-refractivity contribution in [1.82, 2.24) is 15.5 Å². The summed E-state index contributed by atoms with van der Waals surface area (Å²) in [5.74, 6) is 1.61. The fraction of sp³-hybridized carbons (Fsp3) is 0.579. The number of guanidine groups is 1. The summed E-state index contributed by atoms with van der Waals surface area (Å²) < 4.78 is 5.69. The number of piperidine rings is 1. The third-order valence-electron chi connectivity index (χ3n) is 4.11. The smallest absolute Gasteiger partial charge is 0.244 e. The first-order valence-corrected chi connectivity index (χ1v) is 9.18. The summed E-state index contributed by atoms with van der Waals surface area (Å²) in [6.45, 7) is 7.88. The topological polar surface area (TPSA) is 66.0 Å². The molecule has 0 radical (unpaired) electrons. The van der Waals surface area contributed by atoms with E-state index in [1.807, 2.05) is 36.1 Å². The standard InChI is InChI=1S/C19H30N4O2/c1-3-20-19(22-15-18(24)23-12-5-4-6-13-23)21-11-14-25-17-9-7-16(2)8-10-17/h7-10H,3-6,11-15H2,1-2H3,(H2,20,21,22). The molecule has 0 saturated carbocycles. The van der Waals surface area contributed by atoms with Crippen molar-refractivity contribution in [3.8, 4) is 5.75 Å². The van der Waals surface area contributed by atoms with Crippen molar-refractivity contribution >= 4 is 11.9 Å². The van der Waals surface area contributed by atoms with Crippen LogP contribution in [-0.4, -0.2) is 56.1 Å². The molecule has 6 nitrogen and oxygen atoms in total. The van der Waals surface area contributed by atoms with Crippen LogP contribution in [0, 0.1) is 6.92 Å². The van der Waals surface area contributed by atoms with E-state index in [1.165, 1.54) is 12.0 Å². The number of aryl methyl sites for hydroxylation is 1. The van der Waals surface area contributed by atoms with Crippen LogP contribution in [0.25, 0.3) is 0 Å². The van der Waals surface area contributed by atoms with E-state index in [9.17, 15) is 4.79 Å². The zero-order chi connectivity index (χ0) is 17.9. The number of ether oxygens (including phenoxy) is 1. The molecule has 2 N–H and O–H groups in total. The number of likely N-dealkylation sites (tertiary alicyclic amines) is 1. The van der Waals surface area contributed by atoms with Crippen molar-refractivity contribution in [1.29, 1.82) is 0 Å². The van der Waals surface area contributed by atoms with Gasteiger partial charge in [-0.05, 0) is 45.2 Å². The Bertz CT molecular complexity index is 551. The molecule has 1 aromatic carbocycles. The molecular formula is C19H30N4O2. The van der Waals surface area contributed by atoms with Gasteiger partial charge in [0.05, 0.1) is 6.54 Å². The largest absolute Gasteiger partial charge is 0.492 e. The maximum Gasteiger partial charge on any atom is 0.244 e. The summed E-state index contributed by atoms with van der Waals surface area (Å²) in [5.41, 5.74) is 1.21. The minimum absolute atomic E-state index is 0.104. The van der Waals surface area contributed by atoms with Crippen LogP contribution in [0.1, 0.15) is 31.7 Å². The van der Waals surface area contributed by atoms with Crippen molar-refractivity contribution in [2.45, 2.75) is 33.1 Å². The summed E-state index contributed by atoms with van der Waals surface area (Å²) in [6, 6.07) is 7.98. The fourth-order valence-electron chi connectivity index (χ4n) is 2.70. The summed E-state index contributed by atoms with van der Waals surface area (Å²) in [4.78, 5) is 18.5. The molecule has 2 rings (SSSR count). The number of rotatable bonds is 7. The Morgan fingerprint density at radius 1 is 1.16 bits per heavy atom. The lowest BCUT2D eigenvalue weighted by Crippen LogP contribution is -2.41. The number of hydrogen-bond acceptors (Lipinski definition) is 3. The predicted octanol–water partition coefficient (Wildman–Crippen LogP) is 1.94. The van der Waals surface area contributed by atoms with Crippen LogP contribution >= 0.6 is 0 Å². The monoisotopic (exact) mass is 346 g/mol. The number of carbonyl (C=O) groups is 1. The highest BCUT2D eigenvalue weighted by atomic mass is 16.5. The molecule has 6 heteroatoms. The number of nitrogens with zero attached hydrogens (tertiary/aromatic N) is 2. The van der Waals surface area contributed by atoms with Gasteiger partial charge in [-0.25, -0.2) is 4.99 Å². The molecule has 0 spiro atoms. The van der Waals surface area contributed by atoms with Crippen LogP contribution in [0.2, 0.25) is 0 Å². The van der Waals surface area contributed by atoms with E-state index < -0.39 is 0 Å². The lowest BCUT2D eigenvalue weighted by molar-refractivity contribution is -0.130. The van der Waals surface area contributed by atoms with E-state index in [1.54, 1.807) is 0 Å². The third-order valence-corrected chi connectivity index (χ3v) is 4.11. The average molecular weight is 346 g/mol. The van der Waals surface area contributed by atoms with E-state index in [0.29, 0.717) is 19.1 Å². The molecular weight excluding hydrogens is 316 g/mol. The zero-order valence-corrected chi connectivity index (χ0v) is 15.4. The van der Waals surface area contributed by atoms with E-state index in [0.717, 1.165) is 38.2 Å². The maximum absolute atomic E-state index is 12.2. The lowest BCUT2D eigenvalue weighted by atomic mass is 10.1. The zero-order valence-electron chi connectivity index (χ0n) is 15.4. The minimum Gasteiger partial charge on any atom is -0.492 e. The Morgan fingerprint density at radius 3 is 2.56 bits per heavy atom. The van der Waals surface area contributed by atoms with Gasteiger partial charge >= 0.3 is 0 Å². The van der Waals surface area contributed by atoms with Gasteiger partial charge in [0.1, 0.15) is 18.9 Å². The van der Waals surface area contributed by atoms with Gasteiger partial charge in [-0.2, -0.15) is 0 Å². The molecule has 1 aromatic rings. The Labute approximate surface area is 150 Å². The second-order valence-electron chi connectivity index (χ2n) is 6.22. The molecule has 0 atom stereocenters. The highest BCUT2D eigenvalue weighted by Crippen LogP contribution is 2.11. The molecule has 0 bridgehead atoms. The van der Waals surface area contributed by atoms with Gasteiger partial charge in [0.15, 0.2) is 5.96 Å². The van der Waals surface area contributed by atoms with Crippen molar-refractivity contribution < 1.29 is 9.53 Å². The molecule has 1 heterocycles. The van der Waals surface area contributed by atoms with Crippen molar-refractivity contribution in [3.63, 3.8) is 0 Å². The molecule has 0 aromatic heterocycles. The average Bonchev–Trinajstić information content (AvgIpc) is 2.65. The van der Waals surface area contributed by atoms with Crippen LogP contribution in [0.3, 0.4) is 0 Å². The molecule has 1 fully saturated rings. The number of carbonyl (C=O) groups excluding carboxylic acids is 1. The highest BCUT2D eigenvalue weighted by Gasteiger charge is 2.15. The second kappa shape index (κ2) is 10.6. The van der Waals surface area contributed by atoms with E-state index in [-0.39, 0.29) is 12.5 Å². The summed E-state index contributed by atoms with van der Waals surface area (Å²) >= 11 is 0. The first kappa shape index (κ1) is 19.1. The molecule has 1 saturated heterocycles. The third kappa shape index (κ3) is 7.03. The van der Waals surface area contributed by atoms with Crippen molar-refractivity contribution in [2.75, 3.05) is 39.3 Å². The van der Waals surface area contributed by atoms with Crippen LogP contribution in [0.5, 0.6) is 5.75 Å². The van der Waals surface area contributed by atoms with E-state index >= 15 is 0 Å². The van der Waals surface area contributed by atoms with Gasteiger partial charge in [0.25, 0.3) is 0 Å². The second-order valence-corrected chi connectivity index (χ2v) is 6.22. The molecule has 1 aliphatic heterocycles. The molecule has 0 unspecified atom stereocenters. The SMILES string of the molecule is CCNC(=NCC(=O)N1CCCCC1)NCCOc1ccc(C)cc1. The number of benzene rings is 1. The number of nitrogens with one attached hydrogen (secondary N) is 2. The highest BCUT2D eigenvalue weighted by molar-refractivity contribution is 5.85. The normalized spacial score (nSPS) is 15.0. The quantitative estimate of drug-likeness (QED) is 0.450. The van der Waals surface area contributed by atoms with Gasteiger partial charge in [-0.1, -0.05) is 17.7 Å². The Hall–Kier alpha value is -2.24. The van der Waals surface area contributed by atoms with Crippen LogP contribution in [0.15, 0.2) is 29.3 Å². The molecule has 1 amide bonds. The Morgan fingerprint density at radius 2 is 1.88 bits per heavy atom. The summed E-state index contributed by atoms with van der Waals surface area (Å²) in [5, 5.41) is 6.36. The van der Waals surface area contributed by atoms with Gasteiger partial charge in [0, 0.05) is 19.6 Å². The van der Waals surface area contributed by atoms with Gasteiger partial charge in [0.2, 0.25) is 5.91 Å². The summed E-state index contributed by atoms with van der Waals surface area (Å²) in [6.07, 6.45) is 3.42. The van der Waals surface area contributed by atoms with Crippen molar-refractivity contribution in [3.05, 3.63) is 29.8 Å². The predicted molar refractivity (Wildman–Crippen MR) is 101 cm³/mol. The number of amides is 1. The molecule has 1 aliphatic rings. The summed E-state index contributed by atoms with van der Waals surface area (Å²) in [7, 11) is 0. The minimum atomic E-state index is 0.104. The Balaban J connectivity index is 1.73. The lowest BCUT2D eigenvalue weighted by Gasteiger charge is -2.26. The first-order chi connectivity index (χ1) is 12.2. The molecule has 25 heavy (non-hydrogen) atoms. The molecule has 138 valence electrons. The van der Waals surface area contributed by atoms with E-state index in [4.69, 9.17) is 4.74 Å². The van der Waals surface area contributed by atoms with Crippen LogP contribution in [-0.2, 0) is 4.79 Å². The van der Waals surface area contributed by atoms with Crippen LogP contribution < -0.4 is 15.4 Å². The molecule has 0 aliphatic carbocycles. The van der Waals surface area contributed by atoms with Gasteiger partial charge in [-0.3, -0.25) is 4.79 Å². The number of aliphatic imine (C=N–C) groups is 1. The van der Waals surface area contributed by atoms with Gasteiger partial charge < -0.3 is 20.3 Å². The van der Waals surface area contributed by atoms with Gasteiger partial charge in [-0.15, -0.1) is 0 Å². The number of hydrogen-bond donors (Lipinski definition) is 2. The first-order valence-electron chi connectivity index (χ1n) is 9.18.